The average Bonchev–Trinajstić information content (AvgIpc) is 2.33. The van der Waals surface area contributed by atoms with Crippen LogP contribution in [0.2, 0.25) is 0 Å². The zero-order chi connectivity index (χ0) is 12.3. The van der Waals surface area contributed by atoms with Gasteiger partial charge >= 0.3 is 0 Å². The second kappa shape index (κ2) is 9.03. The largest absolute Gasteiger partial charge is 0.497 e. The van der Waals surface area contributed by atoms with E-state index in [4.69, 9.17) is 4.74 Å². The van der Waals surface area contributed by atoms with Crippen molar-refractivity contribution in [1.82, 2.24) is 0 Å². The first-order valence-corrected chi connectivity index (χ1v) is 6.78. The van der Waals surface area contributed by atoms with E-state index in [1.807, 2.05) is 6.08 Å². The van der Waals surface area contributed by atoms with Crippen molar-refractivity contribution >= 4 is 5.78 Å². The lowest BCUT2D eigenvalue weighted by molar-refractivity contribution is -0.118. The molecule has 0 bridgehead atoms. The van der Waals surface area contributed by atoms with Crippen molar-refractivity contribution in [1.29, 1.82) is 0 Å². The molecule has 1 aliphatic heterocycles. The minimum atomic E-state index is 0.133. The number of carbonyl (C=O) groups excluding carboxylic acids is 1. The molecular weight excluding hydrogens is 212 g/mol. The maximum Gasteiger partial charge on any atom is 0.162 e. The van der Waals surface area contributed by atoms with Gasteiger partial charge < -0.3 is 4.74 Å². The first kappa shape index (κ1) is 14.0. The van der Waals surface area contributed by atoms with Crippen LogP contribution in [-0.2, 0) is 9.53 Å². The van der Waals surface area contributed by atoms with Gasteiger partial charge in [0, 0.05) is 12.5 Å². The Morgan fingerprint density at radius 3 is 2.65 bits per heavy atom. The maximum atomic E-state index is 11.1. The third-order valence-corrected chi connectivity index (χ3v) is 3.14. The molecular formula is C15H24O2. The number of unbranched alkanes of at least 4 members (excludes halogenated alkanes) is 6. The fourth-order valence-electron chi connectivity index (χ4n) is 2.10. The van der Waals surface area contributed by atoms with Gasteiger partial charge in [-0.1, -0.05) is 31.8 Å². The number of ketones is 1. The first-order valence-electron chi connectivity index (χ1n) is 6.78. The van der Waals surface area contributed by atoms with Gasteiger partial charge in [0.2, 0.25) is 0 Å². The Labute approximate surface area is 105 Å². The predicted octanol–water partition coefficient (Wildman–Crippen LogP) is 4.16. The van der Waals surface area contributed by atoms with Crippen molar-refractivity contribution in [2.24, 2.45) is 0 Å². The van der Waals surface area contributed by atoms with Crippen LogP contribution in [0.25, 0.3) is 0 Å². The summed E-state index contributed by atoms with van der Waals surface area (Å²) in [7, 11) is 0. The van der Waals surface area contributed by atoms with Crippen LogP contribution in [-0.4, -0.2) is 11.9 Å². The van der Waals surface area contributed by atoms with Gasteiger partial charge in [0.25, 0.3) is 0 Å². The molecule has 0 aromatic carbocycles. The molecule has 0 amide bonds. The number of rotatable bonds is 9. The van der Waals surface area contributed by atoms with Gasteiger partial charge in [-0.3, -0.25) is 4.79 Å². The highest BCUT2D eigenvalue weighted by Gasteiger charge is 2.15. The summed E-state index contributed by atoms with van der Waals surface area (Å²) in [5.74, 6) is 0.200. The molecule has 2 nitrogen and oxygen atoms in total. The van der Waals surface area contributed by atoms with Crippen LogP contribution in [0, 0.1) is 0 Å². The Hall–Kier alpha value is -1.05. The van der Waals surface area contributed by atoms with E-state index in [-0.39, 0.29) is 11.9 Å². The van der Waals surface area contributed by atoms with Crippen molar-refractivity contribution in [3.8, 4) is 0 Å². The summed E-state index contributed by atoms with van der Waals surface area (Å²) in [6.07, 6.45) is 15.6. The van der Waals surface area contributed by atoms with Crippen molar-refractivity contribution in [2.45, 2.75) is 63.9 Å². The summed E-state index contributed by atoms with van der Waals surface area (Å²) in [6.45, 7) is 3.72. The van der Waals surface area contributed by atoms with Gasteiger partial charge in [0.1, 0.15) is 6.10 Å². The summed E-state index contributed by atoms with van der Waals surface area (Å²) in [6, 6.07) is 0. The van der Waals surface area contributed by atoms with Crippen LogP contribution in [0.5, 0.6) is 0 Å². The van der Waals surface area contributed by atoms with Gasteiger partial charge in [-0.25, -0.2) is 0 Å². The third-order valence-electron chi connectivity index (χ3n) is 3.14. The zero-order valence-corrected chi connectivity index (χ0v) is 10.7. The van der Waals surface area contributed by atoms with Gasteiger partial charge in [-0.2, -0.15) is 0 Å². The highest BCUT2D eigenvalue weighted by molar-refractivity contribution is 5.90. The van der Waals surface area contributed by atoms with Crippen LogP contribution >= 0.6 is 0 Å². The molecule has 1 heterocycles. The molecule has 0 saturated heterocycles. The second-order valence-corrected chi connectivity index (χ2v) is 4.72. The zero-order valence-electron chi connectivity index (χ0n) is 10.7. The lowest BCUT2D eigenvalue weighted by atomic mass is 10.0. The molecule has 0 aromatic rings. The van der Waals surface area contributed by atoms with E-state index in [0.717, 1.165) is 12.8 Å². The molecule has 1 atom stereocenters. The summed E-state index contributed by atoms with van der Waals surface area (Å²) >= 11 is 0. The topological polar surface area (TPSA) is 26.3 Å². The Bertz CT molecular complexity index is 256. The molecule has 0 aliphatic carbocycles. The molecule has 0 spiro atoms. The molecule has 2 heteroatoms. The molecule has 0 radical (unpaired) electrons. The summed E-state index contributed by atoms with van der Waals surface area (Å²) in [5, 5.41) is 0. The van der Waals surface area contributed by atoms with Crippen molar-refractivity contribution < 1.29 is 9.53 Å². The van der Waals surface area contributed by atoms with Crippen LogP contribution in [0.4, 0.5) is 0 Å². The maximum absolute atomic E-state index is 11.1. The Balaban J connectivity index is 1.89. The van der Waals surface area contributed by atoms with Gasteiger partial charge in [-0.15, -0.1) is 6.58 Å². The Morgan fingerprint density at radius 1 is 1.24 bits per heavy atom. The molecule has 1 rings (SSSR count). The van der Waals surface area contributed by atoms with E-state index >= 15 is 0 Å². The van der Waals surface area contributed by atoms with Crippen LogP contribution < -0.4 is 0 Å². The van der Waals surface area contributed by atoms with E-state index in [0.29, 0.717) is 6.42 Å². The molecule has 0 N–H and O–H groups in total. The van der Waals surface area contributed by atoms with Crippen LogP contribution in [0.3, 0.4) is 0 Å². The first-order chi connectivity index (χ1) is 8.33. The summed E-state index contributed by atoms with van der Waals surface area (Å²) < 4.78 is 5.40. The molecule has 0 unspecified atom stereocenters. The molecule has 96 valence electrons. The standard InChI is InChI=1S/C15H24O2/c1-2-3-4-5-6-7-8-9-10-15-13-14(16)11-12-17-15/h2,11-12,15H,1,3-10,13H2/t15-/m0/s1. The molecule has 0 saturated carbocycles. The normalized spacial score (nSPS) is 19.1. The lowest BCUT2D eigenvalue weighted by Crippen LogP contribution is -2.18. The smallest absolute Gasteiger partial charge is 0.162 e. The average molecular weight is 236 g/mol. The summed E-state index contributed by atoms with van der Waals surface area (Å²) in [4.78, 5) is 11.1. The number of carbonyl (C=O) groups is 1. The monoisotopic (exact) mass is 236 g/mol. The number of allylic oxidation sites excluding steroid dienone is 2. The van der Waals surface area contributed by atoms with E-state index in [1.54, 1.807) is 6.26 Å². The fraction of sp³-hybridized carbons (Fsp3) is 0.667. The number of hydrogen-bond acceptors (Lipinski definition) is 2. The SMILES string of the molecule is C=CCCCCCCCC[C@H]1CC(=O)C=CO1. The minimum absolute atomic E-state index is 0.133. The molecule has 1 aliphatic rings. The predicted molar refractivity (Wildman–Crippen MR) is 70.8 cm³/mol. The minimum Gasteiger partial charge on any atom is -0.497 e. The molecule has 17 heavy (non-hydrogen) atoms. The molecule has 0 aromatic heterocycles. The Morgan fingerprint density at radius 2 is 1.94 bits per heavy atom. The summed E-state index contributed by atoms with van der Waals surface area (Å²) in [5.41, 5.74) is 0. The van der Waals surface area contributed by atoms with E-state index < -0.39 is 0 Å². The van der Waals surface area contributed by atoms with Crippen molar-refractivity contribution in [2.75, 3.05) is 0 Å². The lowest BCUT2D eigenvalue weighted by Gasteiger charge is -2.18. The fourth-order valence-corrected chi connectivity index (χ4v) is 2.10. The van der Waals surface area contributed by atoms with E-state index in [2.05, 4.69) is 6.58 Å². The van der Waals surface area contributed by atoms with Gasteiger partial charge in [0.15, 0.2) is 5.78 Å². The van der Waals surface area contributed by atoms with Crippen molar-refractivity contribution in [3.63, 3.8) is 0 Å². The van der Waals surface area contributed by atoms with Gasteiger partial charge in [0.05, 0.1) is 6.26 Å². The highest BCUT2D eigenvalue weighted by atomic mass is 16.5. The van der Waals surface area contributed by atoms with Crippen molar-refractivity contribution in [3.05, 3.63) is 25.0 Å². The Kier molecular flexibility index (Phi) is 7.44. The van der Waals surface area contributed by atoms with E-state index in [1.165, 1.54) is 44.6 Å². The van der Waals surface area contributed by atoms with Gasteiger partial charge in [-0.05, 0) is 25.7 Å². The quantitative estimate of drug-likeness (QED) is 0.444. The van der Waals surface area contributed by atoms with Crippen LogP contribution in [0.1, 0.15) is 57.8 Å². The third kappa shape index (κ3) is 6.98. The van der Waals surface area contributed by atoms with Crippen LogP contribution in [0.15, 0.2) is 25.0 Å². The molecule has 0 fully saturated rings. The highest BCUT2D eigenvalue weighted by Crippen LogP contribution is 2.16. The number of ether oxygens (including phenoxy) is 1. The van der Waals surface area contributed by atoms with E-state index in [9.17, 15) is 4.79 Å². The number of hydrogen-bond donors (Lipinski definition) is 0. The second-order valence-electron chi connectivity index (χ2n) is 4.72.